The number of nitrogens with two attached hydrogens (primary N) is 1. The summed E-state index contributed by atoms with van der Waals surface area (Å²) < 4.78 is 1.96. The van der Waals surface area contributed by atoms with Gasteiger partial charge in [-0.15, -0.1) is 0 Å². The number of hydrogen-bond acceptors (Lipinski definition) is 5. The van der Waals surface area contributed by atoms with Crippen LogP contribution >= 0.6 is 0 Å². The first-order valence-corrected chi connectivity index (χ1v) is 8.62. The van der Waals surface area contributed by atoms with E-state index in [2.05, 4.69) is 9.97 Å². The molecule has 0 amide bonds. The van der Waals surface area contributed by atoms with Gasteiger partial charge in [0.2, 0.25) is 0 Å². The highest BCUT2D eigenvalue weighted by Gasteiger charge is 2.14. The number of imidazole rings is 1. The predicted octanol–water partition coefficient (Wildman–Crippen LogP) is 3.90. The number of rotatable bonds is 2. The van der Waals surface area contributed by atoms with Crippen molar-refractivity contribution in [1.82, 2.24) is 24.3 Å². The van der Waals surface area contributed by atoms with Crippen molar-refractivity contribution in [3.8, 4) is 22.6 Å². The lowest BCUT2D eigenvalue weighted by Crippen LogP contribution is -1.96. The molecule has 3 heterocycles. The van der Waals surface area contributed by atoms with Gasteiger partial charge >= 0.3 is 0 Å². The Morgan fingerprint density at radius 3 is 2.63 bits per heavy atom. The molecule has 5 aromatic rings. The van der Waals surface area contributed by atoms with Crippen LogP contribution in [0.1, 0.15) is 5.82 Å². The molecule has 0 aliphatic heterocycles. The standard InChI is InChI=1S/C21H16N6/c1-13-25-18(19-20(22)23-9-10-27(13)19)15-7-8-16-12-24-21(26-17(16)11-15)14-5-3-2-4-6-14/h2-12H,1H3,(H2,22,23). The molecule has 5 rings (SSSR count). The van der Waals surface area contributed by atoms with Crippen LogP contribution in [0.15, 0.2) is 67.1 Å². The van der Waals surface area contributed by atoms with Gasteiger partial charge in [-0.05, 0) is 13.0 Å². The van der Waals surface area contributed by atoms with Crippen molar-refractivity contribution in [2.24, 2.45) is 0 Å². The summed E-state index contributed by atoms with van der Waals surface area (Å²) in [6, 6.07) is 16.0. The lowest BCUT2D eigenvalue weighted by atomic mass is 10.1. The fraction of sp³-hybridized carbons (Fsp3) is 0.0476. The van der Waals surface area contributed by atoms with Crippen molar-refractivity contribution in [3.63, 3.8) is 0 Å². The molecule has 0 saturated heterocycles. The molecular weight excluding hydrogens is 336 g/mol. The highest BCUT2D eigenvalue weighted by Crippen LogP contribution is 2.30. The van der Waals surface area contributed by atoms with E-state index in [1.54, 1.807) is 6.20 Å². The number of aryl methyl sites for hydroxylation is 1. The maximum absolute atomic E-state index is 6.12. The van der Waals surface area contributed by atoms with Gasteiger partial charge in [-0.1, -0.05) is 42.5 Å². The SMILES string of the molecule is Cc1nc(-c2ccc3cnc(-c4ccccc4)nc3c2)c2c(N)nccn12. The van der Waals surface area contributed by atoms with Crippen molar-refractivity contribution in [2.75, 3.05) is 5.73 Å². The Morgan fingerprint density at radius 2 is 1.78 bits per heavy atom. The van der Waals surface area contributed by atoms with Gasteiger partial charge in [0, 0.05) is 35.1 Å². The van der Waals surface area contributed by atoms with Gasteiger partial charge in [-0.3, -0.25) is 4.40 Å². The fourth-order valence-corrected chi connectivity index (χ4v) is 3.31. The van der Waals surface area contributed by atoms with E-state index in [0.29, 0.717) is 11.6 Å². The van der Waals surface area contributed by atoms with Gasteiger partial charge in [0.15, 0.2) is 5.82 Å². The zero-order valence-electron chi connectivity index (χ0n) is 14.7. The molecular formula is C21H16N6. The smallest absolute Gasteiger partial charge is 0.159 e. The Kier molecular flexibility index (Phi) is 3.36. The predicted molar refractivity (Wildman–Crippen MR) is 106 cm³/mol. The molecule has 6 heteroatoms. The maximum atomic E-state index is 6.12. The summed E-state index contributed by atoms with van der Waals surface area (Å²) in [5, 5.41) is 0.977. The highest BCUT2D eigenvalue weighted by molar-refractivity contribution is 5.90. The summed E-state index contributed by atoms with van der Waals surface area (Å²) in [4.78, 5) is 18.2. The summed E-state index contributed by atoms with van der Waals surface area (Å²) in [6.45, 7) is 1.95. The maximum Gasteiger partial charge on any atom is 0.159 e. The molecule has 0 fully saturated rings. The Bertz CT molecular complexity index is 1290. The van der Waals surface area contributed by atoms with E-state index in [0.717, 1.165) is 39.1 Å². The molecule has 0 spiro atoms. The molecule has 0 aliphatic carbocycles. The second kappa shape index (κ2) is 5.88. The summed E-state index contributed by atoms with van der Waals surface area (Å²) in [6.07, 6.45) is 5.40. The van der Waals surface area contributed by atoms with E-state index >= 15 is 0 Å². The summed E-state index contributed by atoms with van der Waals surface area (Å²) in [5.74, 6) is 2.02. The van der Waals surface area contributed by atoms with Crippen LogP contribution in [0.2, 0.25) is 0 Å². The van der Waals surface area contributed by atoms with Crippen LogP contribution < -0.4 is 5.73 Å². The van der Waals surface area contributed by atoms with E-state index in [1.165, 1.54) is 0 Å². The van der Waals surface area contributed by atoms with Crippen LogP contribution in [0, 0.1) is 6.92 Å². The molecule has 0 aliphatic rings. The third kappa shape index (κ3) is 2.50. The van der Waals surface area contributed by atoms with Crippen molar-refractivity contribution in [2.45, 2.75) is 6.92 Å². The monoisotopic (exact) mass is 352 g/mol. The number of aromatic nitrogens is 5. The second-order valence-electron chi connectivity index (χ2n) is 6.37. The lowest BCUT2D eigenvalue weighted by molar-refractivity contribution is 1.03. The first kappa shape index (κ1) is 15.5. The molecule has 0 unspecified atom stereocenters. The average Bonchev–Trinajstić information content (AvgIpc) is 3.06. The lowest BCUT2D eigenvalue weighted by Gasteiger charge is -2.05. The van der Waals surface area contributed by atoms with Gasteiger partial charge in [0.05, 0.1) is 5.52 Å². The highest BCUT2D eigenvalue weighted by atomic mass is 15.1. The third-order valence-electron chi connectivity index (χ3n) is 4.65. The van der Waals surface area contributed by atoms with E-state index in [4.69, 9.17) is 15.7 Å². The Balaban J connectivity index is 1.71. The van der Waals surface area contributed by atoms with Gasteiger partial charge in [0.1, 0.15) is 22.9 Å². The Labute approximate surface area is 155 Å². The minimum absolute atomic E-state index is 0.459. The number of fused-ring (bicyclic) bond motifs is 2. The molecule has 0 atom stereocenters. The minimum atomic E-state index is 0.459. The largest absolute Gasteiger partial charge is 0.382 e. The zero-order valence-corrected chi connectivity index (χ0v) is 14.7. The number of nitrogens with zero attached hydrogens (tertiary/aromatic N) is 5. The first-order chi connectivity index (χ1) is 13.2. The number of benzene rings is 2. The van der Waals surface area contributed by atoms with E-state index in [9.17, 15) is 0 Å². The van der Waals surface area contributed by atoms with Crippen LogP contribution in [-0.4, -0.2) is 24.3 Å². The van der Waals surface area contributed by atoms with Gasteiger partial charge in [-0.25, -0.2) is 19.9 Å². The molecule has 0 bridgehead atoms. The quantitative estimate of drug-likeness (QED) is 0.521. The zero-order chi connectivity index (χ0) is 18.4. The second-order valence-corrected chi connectivity index (χ2v) is 6.37. The molecule has 0 saturated carbocycles. The molecule has 0 radical (unpaired) electrons. The van der Waals surface area contributed by atoms with E-state index in [-0.39, 0.29) is 0 Å². The Morgan fingerprint density at radius 1 is 0.926 bits per heavy atom. The van der Waals surface area contributed by atoms with Gasteiger partial charge in [-0.2, -0.15) is 0 Å². The minimum Gasteiger partial charge on any atom is -0.382 e. The topological polar surface area (TPSA) is 82.0 Å². The molecule has 6 nitrogen and oxygen atoms in total. The van der Waals surface area contributed by atoms with Crippen LogP contribution in [0.25, 0.3) is 39.1 Å². The van der Waals surface area contributed by atoms with Gasteiger partial charge in [0.25, 0.3) is 0 Å². The van der Waals surface area contributed by atoms with Crippen LogP contribution in [-0.2, 0) is 0 Å². The molecule has 130 valence electrons. The normalized spacial score (nSPS) is 11.3. The fourth-order valence-electron chi connectivity index (χ4n) is 3.31. The third-order valence-corrected chi connectivity index (χ3v) is 4.65. The van der Waals surface area contributed by atoms with Crippen molar-refractivity contribution < 1.29 is 0 Å². The summed E-state index contributed by atoms with van der Waals surface area (Å²) >= 11 is 0. The van der Waals surface area contributed by atoms with Crippen LogP contribution in [0.5, 0.6) is 0 Å². The Hall–Kier alpha value is -3.80. The molecule has 27 heavy (non-hydrogen) atoms. The number of hydrogen-bond donors (Lipinski definition) is 1. The van der Waals surface area contributed by atoms with Crippen molar-refractivity contribution >= 4 is 22.2 Å². The summed E-state index contributed by atoms with van der Waals surface area (Å²) in [7, 11) is 0. The van der Waals surface area contributed by atoms with E-state index in [1.807, 2.05) is 72.2 Å². The van der Waals surface area contributed by atoms with Crippen molar-refractivity contribution in [3.05, 3.63) is 72.9 Å². The molecule has 2 aromatic carbocycles. The van der Waals surface area contributed by atoms with Gasteiger partial charge < -0.3 is 5.73 Å². The molecule has 3 aromatic heterocycles. The average molecular weight is 352 g/mol. The molecule has 2 N–H and O–H groups in total. The summed E-state index contributed by atoms with van der Waals surface area (Å²) in [5.41, 5.74) is 10.5. The first-order valence-electron chi connectivity index (χ1n) is 8.62. The number of anilines is 1. The number of nitrogen functional groups attached to an aromatic ring is 1. The van der Waals surface area contributed by atoms with Crippen molar-refractivity contribution in [1.29, 1.82) is 0 Å². The van der Waals surface area contributed by atoms with E-state index < -0.39 is 0 Å². The van der Waals surface area contributed by atoms with Crippen LogP contribution in [0.3, 0.4) is 0 Å². The van der Waals surface area contributed by atoms with Crippen LogP contribution in [0.4, 0.5) is 5.82 Å².